The fraction of sp³-hybridized carbons (Fsp3) is 0.211. The molecule has 1 heterocycles. The molecule has 0 aliphatic carbocycles. The molecule has 0 bridgehead atoms. The average Bonchev–Trinajstić information content (AvgIpc) is 2.61. The fourth-order valence-electron chi connectivity index (χ4n) is 2.60. The van der Waals surface area contributed by atoms with Crippen LogP contribution in [0.1, 0.15) is 11.1 Å². The number of fused-ring (bicyclic) bond motifs is 1. The van der Waals surface area contributed by atoms with Gasteiger partial charge >= 0.3 is 5.63 Å². The first-order chi connectivity index (χ1) is 12.7. The second-order valence-corrected chi connectivity index (χ2v) is 8.81. The normalized spacial score (nSPS) is 11.9. The molecule has 0 aliphatic rings. The molecule has 0 unspecified atom stereocenters. The Morgan fingerprint density at radius 3 is 2.59 bits per heavy atom. The Labute approximate surface area is 162 Å². The number of nitrogens with zero attached hydrogens (tertiary/aromatic N) is 1. The lowest BCUT2D eigenvalue weighted by atomic mass is 10.1. The van der Waals surface area contributed by atoms with E-state index in [-0.39, 0.29) is 11.5 Å². The average molecular weight is 408 g/mol. The van der Waals surface area contributed by atoms with Gasteiger partial charge in [0.05, 0.1) is 9.92 Å². The maximum Gasteiger partial charge on any atom is 0.336 e. The van der Waals surface area contributed by atoms with Gasteiger partial charge in [-0.25, -0.2) is 17.5 Å². The maximum atomic E-state index is 12.2. The minimum absolute atomic E-state index is 0.109. The number of halogens is 1. The van der Waals surface area contributed by atoms with Crippen molar-refractivity contribution in [2.24, 2.45) is 0 Å². The van der Waals surface area contributed by atoms with E-state index in [1.807, 2.05) is 0 Å². The van der Waals surface area contributed by atoms with E-state index in [0.717, 1.165) is 15.3 Å². The summed E-state index contributed by atoms with van der Waals surface area (Å²) >= 11 is 6.28. The van der Waals surface area contributed by atoms with Crippen molar-refractivity contribution in [3.05, 3.63) is 69.0 Å². The van der Waals surface area contributed by atoms with E-state index >= 15 is 0 Å². The van der Waals surface area contributed by atoms with Crippen LogP contribution >= 0.6 is 11.6 Å². The van der Waals surface area contributed by atoms with Crippen molar-refractivity contribution >= 4 is 32.6 Å². The number of hydrogen-bond acceptors (Lipinski definition) is 5. The number of ether oxygens (including phenoxy) is 1. The second-order valence-electron chi connectivity index (χ2n) is 6.25. The molecule has 8 heteroatoms. The summed E-state index contributed by atoms with van der Waals surface area (Å²) in [5.41, 5.74) is 1.36. The van der Waals surface area contributed by atoms with Gasteiger partial charge in [-0.05, 0) is 36.2 Å². The van der Waals surface area contributed by atoms with Gasteiger partial charge in [-0.2, -0.15) is 0 Å². The van der Waals surface area contributed by atoms with Gasteiger partial charge in [0.25, 0.3) is 0 Å². The third-order valence-corrected chi connectivity index (χ3v) is 6.18. The Bertz CT molecular complexity index is 1170. The molecule has 0 atom stereocenters. The molecule has 1 aromatic heterocycles. The molecule has 0 aliphatic heterocycles. The molecule has 6 nitrogen and oxygen atoms in total. The van der Waals surface area contributed by atoms with Crippen molar-refractivity contribution in [3.63, 3.8) is 0 Å². The quantitative estimate of drug-likeness (QED) is 0.604. The molecule has 3 rings (SSSR count). The van der Waals surface area contributed by atoms with Gasteiger partial charge in [0.2, 0.25) is 10.0 Å². The first kappa shape index (κ1) is 19.4. The summed E-state index contributed by atoms with van der Waals surface area (Å²) in [6.45, 7) is 1.91. The minimum atomic E-state index is -3.53. The highest BCUT2D eigenvalue weighted by molar-refractivity contribution is 7.89. The van der Waals surface area contributed by atoms with E-state index in [0.29, 0.717) is 21.9 Å². The highest BCUT2D eigenvalue weighted by Crippen LogP contribution is 2.31. The number of aryl methyl sites for hydroxylation is 1. The number of hydrogen-bond donors (Lipinski definition) is 0. The van der Waals surface area contributed by atoms with Gasteiger partial charge in [0.15, 0.2) is 0 Å². The van der Waals surface area contributed by atoms with Gasteiger partial charge < -0.3 is 9.15 Å². The molecular formula is C19H18ClNO5S. The van der Waals surface area contributed by atoms with Crippen LogP contribution in [0.5, 0.6) is 5.75 Å². The van der Waals surface area contributed by atoms with Crippen LogP contribution in [0.25, 0.3) is 11.0 Å². The molecule has 0 N–H and O–H groups in total. The summed E-state index contributed by atoms with van der Waals surface area (Å²) in [7, 11) is -0.576. The topological polar surface area (TPSA) is 76.8 Å². The van der Waals surface area contributed by atoms with E-state index < -0.39 is 15.6 Å². The van der Waals surface area contributed by atoms with Gasteiger partial charge in [0.1, 0.15) is 17.9 Å². The Morgan fingerprint density at radius 1 is 1.15 bits per heavy atom. The number of benzene rings is 2. The summed E-state index contributed by atoms with van der Waals surface area (Å²) < 4.78 is 36.6. The molecule has 0 saturated carbocycles. The van der Waals surface area contributed by atoms with Gasteiger partial charge in [-0.3, -0.25) is 0 Å². The first-order valence-electron chi connectivity index (χ1n) is 8.07. The molecule has 0 amide bonds. The summed E-state index contributed by atoms with van der Waals surface area (Å²) in [6, 6.07) is 11.1. The van der Waals surface area contributed by atoms with Crippen LogP contribution < -0.4 is 10.4 Å². The van der Waals surface area contributed by atoms with E-state index in [1.54, 1.807) is 37.3 Å². The van der Waals surface area contributed by atoms with Crippen LogP contribution in [0.2, 0.25) is 5.02 Å². The summed E-state index contributed by atoms with van der Waals surface area (Å²) in [4.78, 5) is 11.7. The fourth-order valence-corrected chi connectivity index (χ4v) is 3.79. The smallest absolute Gasteiger partial charge is 0.336 e. The highest BCUT2D eigenvalue weighted by atomic mass is 35.5. The van der Waals surface area contributed by atoms with Crippen LogP contribution in [0.3, 0.4) is 0 Å². The van der Waals surface area contributed by atoms with E-state index in [2.05, 4.69) is 0 Å². The molecule has 27 heavy (non-hydrogen) atoms. The third kappa shape index (κ3) is 4.00. The molecule has 0 radical (unpaired) electrons. The minimum Gasteiger partial charge on any atom is -0.487 e. The molecule has 0 saturated heterocycles. The lowest BCUT2D eigenvalue weighted by Crippen LogP contribution is -2.22. The predicted octanol–water partition coefficient (Wildman–Crippen LogP) is 3.58. The van der Waals surface area contributed by atoms with Crippen molar-refractivity contribution in [1.29, 1.82) is 0 Å². The molecular weight excluding hydrogens is 390 g/mol. The lowest BCUT2D eigenvalue weighted by Gasteiger charge is -2.13. The molecule has 0 spiro atoms. The molecule has 0 fully saturated rings. The number of sulfonamides is 1. The van der Waals surface area contributed by atoms with Crippen LogP contribution in [0.15, 0.2) is 56.6 Å². The predicted molar refractivity (Wildman–Crippen MR) is 104 cm³/mol. The van der Waals surface area contributed by atoms with Crippen molar-refractivity contribution in [3.8, 4) is 5.75 Å². The summed E-state index contributed by atoms with van der Waals surface area (Å²) in [5, 5.41) is 1.10. The zero-order chi connectivity index (χ0) is 19.8. The van der Waals surface area contributed by atoms with Gasteiger partial charge in [-0.1, -0.05) is 23.7 Å². The summed E-state index contributed by atoms with van der Waals surface area (Å²) in [5.74, 6) is 0.346. The lowest BCUT2D eigenvalue weighted by molar-refractivity contribution is 0.306. The Kier molecular flexibility index (Phi) is 5.28. The first-order valence-corrected chi connectivity index (χ1v) is 9.88. The third-order valence-electron chi connectivity index (χ3n) is 4.08. The van der Waals surface area contributed by atoms with Crippen LogP contribution in [0, 0.1) is 6.92 Å². The van der Waals surface area contributed by atoms with Crippen LogP contribution in [-0.2, 0) is 16.6 Å². The van der Waals surface area contributed by atoms with Crippen molar-refractivity contribution in [2.45, 2.75) is 18.4 Å². The second kappa shape index (κ2) is 7.34. The Morgan fingerprint density at radius 2 is 1.89 bits per heavy atom. The van der Waals surface area contributed by atoms with Gasteiger partial charge in [-0.15, -0.1) is 0 Å². The highest BCUT2D eigenvalue weighted by Gasteiger charge is 2.17. The molecule has 2 aromatic carbocycles. The van der Waals surface area contributed by atoms with Crippen molar-refractivity contribution in [1.82, 2.24) is 4.31 Å². The van der Waals surface area contributed by atoms with Crippen molar-refractivity contribution in [2.75, 3.05) is 14.1 Å². The standard InChI is InChI=1S/C19H18ClNO5S/c1-12-7-19(22)26-17-10-18(16(20)9-15(12)17)25-11-13-5-4-6-14(8-13)27(23,24)21(2)3/h4-10H,11H2,1-3H3. The molecule has 3 aromatic rings. The zero-order valence-electron chi connectivity index (χ0n) is 15.0. The SMILES string of the molecule is Cc1cc(=O)oc2cc(OCc3cccc(S(=O)(=O)N(C)C)c3)c(Cl)cc12. The van der Waals surface area contributed by atoms with Gasteiger partial charge in [0, 0.05) is 31.6 Å². The van der Waals surface area contributed by atoms with E-state index in [4.69, 9.17) is 20.8 Å². The zero-order valence-corrected chi connectivity index (χ0v) is 16.6. The molecule has 142 valence electrons. The number of rotatable bonds is 5. The van der Waals surface area contributed by atoms with E-state index in [1.165, 1.54) is 26.2 Å². The summed E-state index contributed by atoms with van der Waals surface area (Å²) in [6.07, 6.45) is 0. The Balaban J connectivity index is 1.89. The van der Waals surface area contributed by atoms with E-state index in [9.17, 15) is 13.2 Å². The Hall–Kier alpha value is -2.35. The largest absolute Gasteiger partial charge is 0.487 e. The van der Waals surface area contributed by atoms with Crippen LogP contribution in [-0.4, -0.2) is 26.8 Å². The monoisotopic (exact) mass is 407 g/mol. The maximum absolute atomic E-state index is 12.2. The van der Waals surface area contributed by atoms with Crippen LogP contribution in [0.4, 0.5) is 0 Å². The van der Waals surface area contributed by atoms with Crippen molar-refractivity contribution < 1.29 is 17.6 Å².